The number of benzene rings is 1. The number of sulfonamides is 1. The molecule has 1 aromatic carbocycles. The average molecular weight is 593 g/mol. The molecule has 0 spiro atoms. The van der Waals surface area contributed by atoms with E-state index in [4.69, 9.17) is 23.2 Å². The van der Waals surface area contributed by atoms with Crippen LogP contribution in [0, 0.1) is 0 Å². The maximum Gasteiger partial charge on any atom is 0.243 e. The Morgan fingerprint density at radius 3 is 2.36 bits per heavy atom. The average Bonchev–Trinajstić information content (AvgIpc) is 2.87. The van der Waals surface area contributed by atoms with Crippen LogP contribution in [0.4, 0.5) is 0 Å². The topological polar surface area (TPSA) is 63.5 Å². The van der Waals surface area contributed by atoms with Crippen LogP contribution in [0.15, 0.2) is 48.9 Å². The Labute approximate surface area is 179 Å². The van der Waals surface area contributed by atoms with Crippen LogP contribution in [0.2, 0.25) is 10.0 Å². The highest BCUT2D eigenvalue weighted by atomic mass is 79.9. The second-order valence-electron chi connectivity index (χ2n) is 4.99. The maximum absolute atomic E-state index is 12.6. The molecule has 0 radical (unpaired) electrons. The number of imidazole rings is 1. The van der Waals surface area contributed by atoms with Gasteiger partial charge in [-0.3, -0.25) is 0 Å². The molecule has 11 heteroatoms. The van der Waals surface area contributed by atoms with Crippen molar-refractivity contribution < 1.29 is 8.42 Å². The third-order valence-electron chi connectivity index (χ3n) is 3.20. The number of nitrogens with one attached hydrogen (secondary N) is 1. The first-order chi connectivity index (χ1) is 11.7. The summed E-state index contributed by atoms with van der Waals surface area (Å²) in [7, 11) is -3.77. The van der Waals surface area contributed by atoms with Gasteiger partial charge in [0.25, 0.3) is 0 Å². The van der Waals surface area contributed by atoms with Gasteiger partial charge in [-0.15, -0.1) is 0 Å². The Kier molecular flexibility index (Phi) is 5.85. The van der Waals surface area contributed by atoms with Gasteiger partial charge in [-0.1, -0.05) is 39.1 Å². The maximum atomic E-state index is 12.6. The van der Waals surface area contributed by atoms with Gasteiger partial charge in [0.2, 0.25) is 10.0 Å². The molecule has 0 amide bonds. The normalized spacial score (nSPS) is 12.0. The molecule has 5 nitrogen and oxygen atoms in total. The van der Waals surface area contributed by atoms with E-state index in [1.807, 2.05) is 0 Å². The quantitative estimate of drug-likeness (QED) is 0.441. The fraction of sp³-hybridized carbons (Fsp3) is 0.0714. The van der Waals surface area contributed by atoms with Crippen LogP contribution >= 0.6 is 71.0 Å². The summed E-state index contributed by atoms with van der Waals surface area (Å²) in [6.07, 6.45) is 3.32. The molecule has 0 bridgehead atoms. The predicted molar refractivity (Wildman–Crippen MR) is 109 cm³/mol. The van der Waals surface area contributed by atoms with E-state index < -0.39 is 10.0 Å². The van der Waals surface area contributed by atoms with Gasteiger partial charge < -0.3 is 4.40 Å². The highest BCUT2D eigenvalue weighted by Gasteiger charge is 2.22. The van der Waals surface area contributed by atoms with E-state index in [9.17, 15) is 8.42 Å². The number of hydrogen-bond acceptors (Lipinski definition) is 3. The predicted octanol–water partition coefficient (Wildman–Crippen LogP) is 5.41. The monoisotopic (exact) mass is 589 g/mol. The van der Waals surface area contributed by atoms with Gasteiger partial charge in [0, 0.05) is 25.8 Å². The van der Waals surface area contributed by atoms with Crippen LogP contribution in [0.25, 0.3) is 5.65 Å². The molecule has 0 aliphatic rings. The highest BCUT2D eigenvalue weighted by molar-refractivity contribution is 9.11. The van der Waals surface area contributed by atoms with Gasteiger partial charge in [-0.2, -0.15) is 0 Å². The zero-order chi connectivity index (χ0) is 18.4. The summed E-state index contributed by atoms with van der Waals surface area (Å²) in [6.45, 7) is 0.00685. The second-order valence-corrected chi connectivity index (χ2v) is 10.2. The van der Waals surface area contributed by atoms with Gasteiger partial charge in [0.1, 0.15) is 4.90 Å². The Morgan fingerprint density at radius 1 is 1.08 bits per heavy atom. The zero-order valence-electron chi connectivity index (χ0n) is 12.1. The molecule has 0 saturated heterocycles. The molecule has 0 aliphatic carbocycles. The fourth-order valence-electron chi connectivity index (χ4n) is 2.19. The smallest absolute Gasteiger partial charge is 0.243 e. The summed E-state index contributed by atoms with van der Waals surface area (Å²) in [4.78, 5) is 4.44. The van der Waals surface area contributed by atoms with Gasteiger partial charge in [-0.05, 0) is 50.1 Å². The summed E-state index contributed by atoms with van der Waals surface area (Å²) < 4.78 is 31.1. The molecular formula is C14H8Br3Cl2N3O2S. The Morgan fingerprint density at radius 2 is 1.72 bits per heavy atom. The molecule has 3 aromatic rings. The number of halogens is 5. The van der Waals surface area contributed by atoms with Gasteiger partial charge in [-0.25, -0.2) is 18.1 Å². The largest absolute Gasteiger partial charge is 0.304 e. The van der Waals surface area contributed by atoms with Crippen LogP contribution < -0.4 is 4.72 Å². The Balaban J connectivity index is 1.89. The number of rotatable bonds is 4. The lowest BCUT2D eigenvalue weighted by Crippen LogP contribution is -2.24. The number of fused-ring (bicyclic) bond motifs is 1. The third-order valence-corrected chi connectivity index (χ3v) is 7.42. The number of hydrogen-bond donors (Lipinski definition) is 1. The van der Waals surface area contributed by atoms with Crippen molar-refractivity contribution in [3.63, 3.8) is 0 Å². The van der Waals surface area contributed by atoms with E-state index in [1.165, 1.54) is 0 Å². The van der Waals surface area contributed by atoms with E-state index in [0.29, 0.717) is 30.3 Å². The molecule has 0 unspecified atom stereocenters. The Hall–Kier alpha value is -0.160. The van der Waals surface area contributed by atoms with Crippen molar-refractivity contribution in [3.8, 4) is 0 Å². The van der Waals surface area contributed by atoms with E-state index in [1.54, 1.807) is 35.0 Å². The first-order valence-electron chi connectivity index (χ1n) is 6.64. The molecule has 0 aliphatic heterocycles. The van der Waals surface area contributed by atoms with Crippen molar-refractivity contribution in [1.29, 1.82) is 0 Å². The summed E-state index contributed by atoms with van der Waals surface area (Å²) in [5, 5.41) is 0.852. The molecule has 3 rings (SSSR count). The lowest BCUT2D eigenvalue weighted by Gasteiger charge is -2.10. The van der Waals surface area contributed by atoms with E-state index in [-0.39, 0.29) is 11.4 Å². The number of nitrogens with zero attached hydrogens (tertiary/aromatic N) is 2. The first-order valence-corrected chi connectivity index (χ1v) is 11.3. The van der Waals surface area contributed by atoms with Gasteiger partial charge >= 0.3 is 0 Å². The van der Waals surface area contributed by atoms with Crippen LogP contribution in [0.1, 0.15) is 5.69 Å². The fourth-order valence-corrected chi connectivity index (χ4v) is 7.37. The molecule has 132 valence electrons. The Bertz CT molecular complexity index is 1060. The first kappa shape index (κ1) is 19.6. The number of aromatic nitrogens is 2. The van der Waals surface area contributed by atoms with Gasteiger partial charge in [0.05, 0.1) is 22.3 Å². The lowest BCUT2D eigenvalue weighted by molar-refractivity contribution is 0.579. The summed E-state index contributed by atoms with van der Waals surface area (Å²) in [5.74, 6) is 0. The molecule has 0 fully saturated rings. The minimum Gasteiger partial charge on any atom is -0.304 e. The van der Waals surface area contributed by atoms with Gasteiger partial charge in [0.15, 0.2) is 5.65 Å². The molecule has 0 saturated carbocycles. The van der Waals surface area contributed by atoms with Crippen molar-refractivity contribution in [1.82, 2.24) is 14.1 Å². The van der Waals surface area contributed by atoms with Crippen molar-refractivity contribution in [2.45, 2.75) is 11.4 Å². The molecule has 1 N–H and O–H groups in total. The second kappa shape index (κ2) is 7.46. The van der Waals surface area contributed by atoms with Crippen LogP contribution in [0.3, 0.4) is 0 Å². The standard InChI is InChI=1S/C14H8Br3Cl2N3O2S/c15-7-1-10(16)13(11(17)2-7)25(23,24)20-4-9-6-22-5-8(18)3-12(19)14(22)21-9/h1-3,5-6,20H,4H2. The third kappa shape index (κ3) is 4.23. The minimum absolute atomic E-state index is 0.00685. The van der Waals surface area contributed by atoms with Crippen LogP contribution in [-0.2, 0) is 16.6 Å². The summed E-state index contributed by atoms with van der Waals surface area (Å²) in [6, 6.07) is 4.90. The van der Waals surface area contributed by atoms with Crippen molar-refractivity contribution in [2.75, 3.05) is 0 Å². The van der Waals surface area contributed by atoms with Crippen molar-refractivity contribution >= 4 is 86.7 Å². The van der Waals surface area contributed by atoms with E-state index in [2.05, 4.69) is 57.5 Å². The molecule has 25 heavy (non-hydrogen) atoms. The van der Waals surface area contributed by atoms with Crippen molar-refractivity contribution in [3.05, 3.63) is 59.8 Å². The van der Waals surface area contributed by atoms with E-state index >= 15 is 0 Å². The van der Waals surface area contributed by atoms with Crippen molar-refractivity contribution in [2.24, 2.45) is 0 Å². The zero-order valence-corrected chi connectivity index (χ0v) is 19.2. The number of pyridine rings is 1. The molecule has 2 heterocycles. The molecule has 0 atom stereocenters. The lowest BCUT2D eigenvalue weighted by atomic mass is 10.4. The SMILES string of the molecule is O=S(=O)(NCc1cn2cc(Cl)cc(Cl)c2n1)c1c(Br)cc(Br)cc1Br. The molecular weight excluding hydrogens is 585 g/mol. The summed E-state index contributed by atoms with van der Waals surface area (Å²) in [5.41, 5.74) is 1.02. The van der Waals surface area contributed by atoms with Crippen LogP contribution in [0.5, 0.6) is 0 Å². The minimum atomic E-state index is -3.77. The summed E-state index contributed by atoms with van der Waals surface area (Å²) >= 11 is 21.9. The highest BCUT2D eigenvalue weighted by Crippen LogP contribution is 2.33. The van der Waals surface area contributed by atoms with E-state index in [0.717, 1.165) is 4.47 Å². The van der Waals surface area contributed by atoms with Crippen LogP contribution in [-0.4, -0.2) is 17.8 Å². The molecule has 2 aromatic heterocycles.